The molecule has 0 aliphatic carbocycles. The van der Waals surface area contributed by atoms with Gasteiger partial charge in [-0.05, 0) is 23.8 Å². The quantitative estimate of drug-likeness (QED) is 0.581. The number of likely N-dealkylation sites (tertiary alicyclic amines) is 1. The van der Waals surface area contributed by atoms with E-state index in [2.05, 4.69) is 5.32 Å². The lowest BCUT2D eigenvalue weighted by atomic mass is 9.99. The lowest BCUT2D eigenvalue weighted by molar-refractivity contribution is -0.146. The van der Waals surface area contributed by atoms with Crippen LogP contribution < -0.4 is 5.32 Å². The van der Waals surface area contributed by atoms with E-state index in [1.165, 1.54) is 25.3 Å². The zero-order valence-electron chi connectivity index (χ0n) is 16.9. The summed E-state index contributed by atoms with van der Waals surface area (Å²) < 4.78 is 24.5. The maximum absolute atomic E-state index is 13.8. The van der Waals surface area contributed by atoms with Crippen LogP contribution in [0.2, 0.25) is 0 Å². The molecule has 2 atom stereocenters. The Labute approximate surface area is 178 Å². The molecule has 0 bridgehead atoms. The van der Waals surface area contributed by atoms with Gasteiger partial charge in [0.15, 0.2) is 0 Å². The summed E-state index contributed by atoms with van der Waals surface area (Å²) in [7, 11) is 1.34. The molecule has 3 heterocycles. The van der Waals surface area contributed by atoms with Gasteiger partial charge in [-0.1, -0.05) is 18.2 Å². The largest absolute Gasteiger partial charge is 0.487 e. The van der Waals surface area contributed by atoms with Crippen LogP contribution in [0.5, 0.6) is 0 Å². The molecule has 0 aromatic heterocycles. The number of carbonyl (C=O) groups excluding carboxylic acids is 2. The summed E-state index contributed by atoms with van der Waals surface area (Å²) in [6.45, 7) is 1.17. The summed E-state index contributed by atoms with van der Waals surface area (Å²) in [6, 6.07) is 9.46. The highest BCUT2D eigenvalue weighted by molar-refractivity contribution is 6.36. The number of benzene rings is 2. The number of β-amino-alcohol motifs (C(OH)–C–C–N with tert-alkyl or cyclic N) is 1. The van der Waals surface area contributed by atoms with Gasteiger partial charge in [0.05, 0.1) is 18.8 Å². The highest BCUT2D eigenvalue weighted by Crippen LogP contribution is 2.42. The minimum absolute atomic E-state index is 0.295. The van der Waals surface area contributed by atoms with Crippen LogP contribution in [0.15, 0.2) is 36.4 Å². The number of methoxy groups -OCH3 is 1. The van der Waals surface area contributed by atoms with Crippen molar-refractivity contribution < 1.29 is 28.6 Å². The highest BCUT2D eigenvalue weighted by atomic mass is 19.1. The van der Waals surface area contributed by atoms with Crippen LogP contribution in [-0.2, 0) is 32.2 Å². The Morgan fingerprint density at radius 1 is 1.29 bits per heavy atom. The molecule has 0 radical (unpaired) electrons. The number of aliphatic hydroxyl groups is 1. The van der Waals surface area contributed by atoms with E-state index in [0.717, 1.165) is 16.7 Å². The van der Waals surface area contributed by atoms with Gasteiger partial charge in [-0.3, -0.25) is 14.5 Å². The average molecular weight is 424 g/mol. The molecule has 3 aliphatic heterocycles. The fourth-order valence-corrected chi connectivity index (χ4v) is 4.56. The summed E-state index contributed by atoms with van der Waals surface area (Å²) in [6.07, 6.45) is -0.221. The van der Waals surface area contributed by atoms with E-state index in [0.29, 0.717) is 48.7 Å². The van der Waals surface area contributed by atoms with Crippen molar-refractivity contribution in [1.29, 1.82) is 0 Å². The van der Waals surface area contributed by atoms with E-state index in [4.69, 9.17) is 9.47 Å². The molecule has 2 unspecified atom stereocenters. The number of amides is 1. The van der Waals surface area contributed by atoms with Crippen molar-refractivity contribution in [1.82, 2.24) is 4.90 Å². The number of rotatable bonds is 3. The molecule has 160 valence electrons. The van der Waals surface area contributed by atoms with Gasteiger partial charge in [-0.25, -0.2) is 4.39 Å². The predicted octanol–water partition coefficient (Wildman–Crippen LogP) is 2.28. The van der Waals surface area contributed by atoms with Gasteiger partial charge in [-0.15, -0.1) is 0 Å². The van der Waals surface area contributed by atoms with E-state index in [-0.39, 0.29) is 11.9 Å². The molecule has 0 saturated carbocycles. The van der Waals surface area contributed by atoms with E-state index < -0.39 is 18.0 Å². The van der Waals surface area contributed by atoms with E-state index in [1.54, 1.807) is 0 Å². The Balaban J connectivity index is 1.45. The number of halogens is 1. The molecular formula is C23H21FN2O5. The number of fused-ring (bicyclic) bond motifs is 2. The molecular weight excluding hydrogens is 403 g/mol. The van der Waals surface area contributed by atoms with E-state index >= 15 is 0 Å². The Hall–Kier alpha value is -3.23. The van der Waals surface area contributed by atoms with Crippen molar-refractivity contribution in [3.63, 3.8) is 0 Å². The normalized spacial score (nSPS) is 24.5. The summed E-state index contributed by atoms with van der Waals surface area (Å²) in [5, 5.41) is 12.7. The third kappa shape index (κ3) is 3.37. The van der Waals surface area contributed by atoms with Crippen LogP contribution >= 0.6 is 0 Å². The first-order valence-electron chi connectivity index (χ1n) is 10.0. The summed E-state index contributed by atoms with van der Waals surface area (Å²) in [5.74, 6) is -0.659. The number of esters is 1. The molecule has 3 aliphatic rings. The average Bonchev–Trinajstić information content (AvgIpc) is 3.41. The lowest BCUT2D eigenvalue weighted by Gasteiger charge is -2.22. The first kappa shape index (κ1) is 19.7. The highest BCUT2D eigenvalue weighted by Gasteiger charge is 2.37. The molecule has 7 nitrogen and oxygen atoms in total. The monoisotopic (exact) mass is 424 g/mol. The van der Waals surface area contributed by atoms with Gasteiger partial charge in [-0.2, -0.15) is 0 Å². The molecule has 31 heavy (non-hydrogen) atoms. The number of anilines is 1. The number of carbonyl (C=O) groups is 2. The Bertz CT molecular complexity index is 1130. The molecule has 5 rings (SSSR count). The number of nitrogens with zero attached hydrogens (tertiary/aromatic N) is 1. The lowest BCUT2D eigenvalue weighted by Crippen LogP contribution is -2.36. The molecule has 0 spiro atoms. The molecule has 8 heteroatoms. The maximum Gasteiger partial charge on any atom is 0.323 e. The van der Waals surface area contributed by atoms with Crippen LogP contribution in [0.3, 0.4) is 0 Å². The minimum Gasteiger partial charge on any atom is -0.487 e. The predicted molar refractivity (Wildman–Crippen MR) is 110 cm³/mol. The van der Waals surface area contributed by atoms with Crippen molar-refractivity contribution in [2.24, 2.45) is 0 Å². The van der Waals surface area contributed by atoms with Crippen molar-refractivity contribution in [2.75, 3.05) is 19.0 Å². The number of aliphatic hydroxyl groups excluding tert-OH is 1. The maximum atomic E-state index is 13.8. The zero-order valence-corrected chi connectivity index (χ0v) is 16.9. The van der Waals surface area contributed by atoms with Crippen molar-refractivity contribution in [3.8, 4) is 0 Å². The molecule has 1 fully saturated rings. The Kier molecular flexibility index (Phi) is 4.75. The van der Waals surface area contributed by atoms with E-state index in [1.807, 2.05) is 23.1 Å². The third-order valence-electron chi connectivity index (χ3n) is 5.98. The molecule has 2 aromatic carbocycles. The third-order valence-corrected chi connectivity index (χ3v) is 5.98. The summed E-state index contributed by atoms with van der Waals surface area (Å²) >= 11 is 0. The van der Waals surface area contributed by atoms with Gasteiger partial charge in [0, 0.05) is 41.9 Å². The summed E-state index contributed by atoms with van der Waals surface area (Å²) in [4.78, 5) is 26.5. The van der Waals surface area contributed by atoms with Crippen LogP contribution in [0.25, 0.3) is 11.3 Å². The van der Waals surface area contributed by atoms with Crippen LogP contribution in [-0.4, -0.2) is 47.7 Å². The SMILES string of the molecule is COC(=O)C1CC(O)CN1Cc1ccc2c(c1)COC2=C1C(=O)Nc2ccc(F)cc21. The first-order chi connectivity index (χ1) is 14.9. The summed E-state index contributed by atoms with van der Waals surface area (Å²) in [5.41, 5.74) is 4.03. The first-order valence-corrected chi connectivity index (χ1v) is 10.0. The second-order valence-electron chi connectivity index (χ2n) is 7.99. The number of nitrogens with one attached hydrogen (secondary N) is 1. The molecule has 2 N–H and O–H groups in total. The van der Waals surface area contributed by atoms with Gasteiger partial charge in [0.25, 0.3) is 5.91 Å². The fourth-order valence-electron chi connectivity index (χ4n) is 4.56. The Morgan fingerprint density at radius 3 is 2.94 bits per heavy atom. The van der Waals surface area contributed by atoms with Gasteiger partial charge >= 0.3 is 5.97 Å². The standard InChI is InChI=1S/C23H21FN2O5/c1-30-23(29)19-8-15(27)10-26(19)9-12-2-4-16-13(6-12)11-31-21(16)20-17-7-14(24)3-5-18(17)25-22(20)28/h2-7,15,19,27H,8-11H2,1H3,(H,25,28). The second kappa shape index (κ2) is 7.47. The molecule has 2 aromatic rings. The number of hydrogen-bond acceptors (Lipinski definition) is 6. The van der Waals surface area contributed by atoms with Gasteiger partial charge < -0.3 is 19.9 Å². The topological polar surface area (TPSA) is 88.1 Å². The Morgan fingerprint density at radius 2 is 2.13 bits per heavy atom. The zero-order chi connectivity index (χ0) is 21.7. The van der Waals surface area contributed by atoms with Gasteiger partial charge in [0.1, 0.15) is 24.2 Å². The number of hydrogen-bond donors (Lipinski definition) is 2. The smallest absolute Gasteiger partial charge is 0.323 e. The van der Waals surface area contributed by atoms with Crippen molar-refractivity contribution in [2.45, 2.75) is 31.7 Å². The van der Waals surface area contributed by atoms with Crippen molar-refractivity contribution >= 4 is 28.9 Å². The van der Waals surface area contributed by atoms with Crippen LogP contribution in [0, 0.1) is 5.82 Å². The second-order valence-corrected chi connectivity index (χ2v) is 7.99. The fraction of sp³-hybridized carbons (Fsp3) is 0.304. The van der Waals surface area contributed by atoms with Crippen LogP contribution in [0.4, 0.5) is 10.1 Å². The molecule has 1 saturated heterocycles. The van der Waals surface area contributed by atoms with Crippen molar-refractivity contribution in [3.05, 3.63) is 64.5 Å². The number of ether oxygens (including phenoxy) is 2. The van der Waals surface area contributed by atoms with Crippen LogP contribution in [0.1, 0.15) is 28.7 Å². The minimum atomic E-state index is -0.570. The molecule has 1 amide bonds. The van der Waals surface area contributed by atoms with E-state index in [9.17, 15) is 19.1 Å². The van der Waals surface area contributed by atoms with Gasteiger partial charge in [0.2, 0.25) is 0 Å².